The van der Waals surface area contributed by atoms with E-state index in [4.69, 9.17) is 11.5 Å². The predicted molar refractivity (Wildman–Crippen MR) is 60.3 cm³/mol. The third-order valence-electron chi connectivity index (χ3n) is 1.94. The van der Waals surface area contributed by atoms with E-state index >= 15 is 0 Å². The van der Waals surface area contributed by atoms with Gasteiger partial charge >= 0.3 is 0 Å². The molecule has 2 rings (SSSR count). The van der Waals surface area contributed by atoms with Gasteiger partial charge in [0.15, 0.2) is 11.5 Å². The second-order valence-corrected chi connectivity index (χ2v) is 4.31. The van der Waals surface area contributed by atoms with E-state index in [1.807, 2.05) is 0 Å². The van der Waals surface area contributed by atoms with E-state index < -0.39 is 11.2 Å². The second kappa shape index (κ2) is 3.99. The van der Waals surface area contributed by atoms with Crippen molar-refractivity contribution in [2.75, 3.05) is 17.7 Å². The second-order valence-electron chi connectivity index (χ2n) is 3.02. The molecule has 0 amide bonds. The topological polar surface area (TPSA) is 119 Å². The van der Waals surface area contributed by atoms with Crippen LogP contribution in [0.1, 0.15) is 0 Å². The maximum atomic E-state index is 11.3. The number of nitrogens with two attached hydrogens (primary N) is 2. The molecule has 0 bridgehead atoms. The van der Waals surface area contributed by atoms with Gasteiger partial charge in [0.25, 0.3) is 11.0 Å². The first-order valence-corrected chi connectivity index (χ1v) is 5.92. The van der Waals surface area contributed by atoms with Crippen LogP contribution in [-0.4, -0.2) is 30.6 Å². The van der Waals surface area contributed by atoms with Crippen LogP contribution in [0.25, 0.3) is 5.95 Å². The summed E-state index contributed by atoms with van der Waals surface area (Å²) in [6.45, 7) is 0. The van der Waals surface area contributed by atoms with Gasteiger partial charge in [-0.15, -0.1) is 5.10 Å². The lowest BCUT2D eigenvalue weighted by molar-refractivity contribution is 0.595. The Bertz CT molecular complexity index is 497. The lowest BCUT2D eigenvalue weighted by Crippen LogP contribution is -2.06. The summed E-state index contributed by atoms with van der Waals surface area (Å²) in [5.74, 6) is 0.486. The van der Waals surface area contributed by atoms with Gasteiger partial charge in [0.05, 0.1) is 0 Å². The molecule has 0 aliphatic rings. The molecule has 0 saturated heterocycles. The molecular weight excluding hydrogens is 228 g/mol. The van der Waals surface area contributed by atoms with Crippen LogP contribution in [0.2, 0.25) is 0 Å². The van der Waals surface area contributed by atoms with Gasteiger partial charge < -0.3 is 16.0 Å². The zero-order valence-corrected chi connectivity index (χ0v) is 9.31. The fraction of sp³-hybridized carbons (Fsp3) is 0.125. The van der Waals surface area contributed by atoms with Crippen molar-refractivity contribution in [1.82, 2.24) is 19.7 Å². The molecule has 0 fully saturated rings. The summed E-state index contributed by atoms with van der Waals surface area (Å²) < 4.78 is 12.6. The minimum atomic E-state index is -1.30. The number of hydrogen-bond donors (Lipinski definition) is 2. The van der Waals surface area contributed by atoms with Gasteiger partial charge in [-0.1, -0.05) is 0 Å². The van der Waals surface area contributed by atoms with Crippen LogP contribution in [0.5, 0.6) is 0 Å². The summed E-state index contributed by atoms with van der Waals surface area (Å²) >= 11 is -1.30. The molecule has 8 heteroatoms. The van der Waals surface area contributed by atoms with Crippen molar-refractivity contribution in [1.29, 1.82) is 0 Å². The summed E-state index contributed by atoms with van der Waals surface area (Å²) in [6.07, 6.45) is 4.60. The lowest BCUT2D eigenvalue weighted by atomic mass is 10.5. The van der Waals surface area contributed by atoms with Gasteiger partial charge in [0, 0.05) is 23.6 Å². The number of aromatic nitrogens is 4. The van der Waals surface area contributed by atoms with Gasteiger partial charge in [-0.3, -0.25) is 0 Å². The van der Waals surface area contributed by atoms with E-state index in [-0.39, 0.29) is 16.5 Å². The van der Waals surface area contributed by atoms with Crippen molar-refractivity contribution in [3.63, 3.8) is 0 Å². The van der Waals surface area contributed by atoms with E-state index in [9.17, 15) is 4.55 Å². The van der Waals surface area contributed by atoms with E-state index in [1.54, 1.807) is 18.5 Å². The predicted octanol–water partition coefficient (Wildman–Crippen LogP) is -0.436. The molecule has 4 N–H and O–H groups in total. The highest BCUT2D eigenvalue weighted by molar-refractivity contribution is 7.90. The largest absolute Gasteiger partial charge is 0.610 e. The molecule has 84 valence electrons. The van der Waals surface area contributed by atoms with Crippen LogP contribution in [0, 0.1) is 0 Å². The molecule has 0 saturated carbocycles. The lowest BCUT2D eigenvalue weighted by Gasteiger charge is -1.99. The molecule has 1 atom stereocenters. The van der Waals surface area contributed by atoms with Crippen LogP contribution in [-0.2, 0) is 11.2 Å². The Morgan fingerprint density at radius 3 is 2.44 bits per heavy atom. The van der Waals surface area contributed by atoms with Crippen LogP contribution in [0.15, 0.2) is 23.5 Å². The summed E-state index contributed by atoms with van der Waals surface area (Å²) in [6, 6.07) is 1.67. The molecule has 1 unspecified atom stereocenters. The zero-order chi connectivity index (χ0) is 11.7. The van der Waals surface area contributed by atoms with Crippen molar-refractivity contribution in [3.8, 4) is 5.95 Å². The van der Waals surface area contributed by atoms with Gasteiger partial charge in [-0.05, 0) is 6.07 Å². The SMILES string of the molecule is C[S+]([O-])c1nn(-c2ncccn2)c(N)c1N. The molecule has 7 nitrogen and oxygen atoms in total. The molecule has 16 heavy (non-hydrogen) atoms. The van der Waals surface area contributed by atoms with E-state index in [0.717, 1.165) is 0 Å². The Balaban J connectivity index is 2.55. The molecule has 0 aromatic carbocycles. The normalized spacial score (nSPS) is 12.6. The molecular formula is C8H10N6OS. The van der Waals surface area contributed by atoms with Gasteiger partial charge in [-0.2, -0.15) is 4.68 Å². The summed E-state index contributed by atoms with van der Waals surface area (Å²) in [4.78, 5) is 7.96. The molecule has 0 radical (unpaired) electrons. The first kappa shape index (κ1) is 10.7. The van der Waals surface area contributed by atoms with Crippen molar-refractivity contribution in [2.45, 2.75) is 5.03 Å². The van der Waals surface area contributed by atoms with E-state index in [2.05, 4.69) is 15.1 Å². The Morgan fingerprint density at radius 2 is 1.94 bits per heavy atom. The maximum absolute atomic E-state index is 11.3. The Kier molecular flexibility index (Phi) is 2.67. The minimum Gasteiger partial charge on any atom is -0.610 e. The van der Waals surface area contributed by atoms with Crippen LogP contribution < -0.4 is 11.5 Å². The van der Waals surface area contributed by atoms with Crippen molar-refractivity contribution in [2.24, 2.45) is 0 Å². The first-order chi connectivity index (χ1) is 7.61. The summed E-state index contributed by atoms with van der Waals surface area (Å²) in [7, 11) is 0. The minimum absolute atomic E-state index is 0.191. The van der Waals surface area contributed by atoms with Crippen LogP contribution in [0.4, 0.5) is 11.5 Å². The molecule has 2 aromatic heterocycles. The summed E-state index contributed by atoms with van der Waals surface area (Å²) in [5, 5.41) is 4.26. The standard InChI is InChI=1S/C8H10N6OS/c1-16(15)7-5(9)6(10)14(13-7)8-11-3-2-4-12-8/h2-4H,9-10H2,1H3. The molecule has 0 aliphatic heterocycles. The monoisotopic (exact) mass is 238 g/mol. The molecule has 0 spiro atoms. The highest BCUT2D eigenvalue weighted by atomic mass is 32.2. The van der Waals surface area contributed by atoms with Crippen molar-refractivity contribution >= 4 is 22.7 Å². The van der Waals surface area contributed by atoms with Crippen LogP contribution >= 0.6 is 0 Å². The van der Waals surface area contributed by atoms with E-state index in [0.29, 0.717) is 5.95 Å². The molecule has 2 heterocycles. The third-order valence-corrected chi connectivity index (χ3v) is 2.79. The highest BCUT2D eigenvalue weighted by Crippen LogP contribution is 2.24. The fourth-order valence-electron chi connectivity index (χ4n) is 1.19. The number of hydrogen-bond acceptors (Lipinski definition) is 6. The van der Waals surface area contributed by atoms with Crippen molar-refractivity contribution in [3.05, 3.63) is 18.5 Å². The van der Waals surface area contributed by atoms with Crippen molar-refractivity contribution < 1.29 is 4.55 Å². The molecule has 2 aromatic rings. The number of rotatable bonds is 2. The highest BCUT2D eigenvalue weighted by Gasteiger charge is 2.22. The zero-order valence-electron chi connectivity index (χ0n) is 8.49. The number of nitrogen functional groups attached to an aromatic ring is 2. The Labute approximate surface area is 94.7 Å². The maximum Gasteiger partial charge on any atom is 0.288 e. The Hall–Kier alpha value is -1.80. The smallest absolute Gasteiger partial charge is 0.288 e. The van der Waals surface area contributed by atoms with Gasteiger partial charge in [0.1, 0.15) is 6.26 Å². The first-order valence-electron chi connectivity index (χ1n) is 4.36. The average Bonchev–Trinajstić information content (AvgIpc) is 2.58. The van der Waals surface area contributed by atoms with Crippen LogP contribution in [0.3, 0.4) is 0 Å². The van der Waals surface area contributed by atoms with Gasteiger partial charge in [-0.25, -0.2) is 9.97 Å². The average molecular weight is 238 g/mol. The fourth-order valence-corrected chi connectivity index (χ4v) is 1.80. The third kappa shape index (κ3) is 1.68. The van der Waals surface area contributed by atoms with Gasteiger partial charge in [0.2, 0.25) is 0 Å². The quantitative estimate of drug-likeness (QED) is 0.685. The Morgan fingerprint density at radius 1 is 1.31 bits per heavy atom. The number of nitrogens with zero attached hydrogens (tertiary/aromatic N) is 4. The number of anilines is 2. The summed E-state index contributed by atoms with van der Waals surface area (Å²) in [5.41, 5.74) is 11.6. The van der Waals surface area contributed by atoms with E-state index in [1.165, 1.54) is 10.9 Å². The molecule has 0 aliphatic carbocycles.